The normalized spacial score (nSPS) is 16.2. The molecule has 0 radical (unpaired) electrons. The van der Waals surface area contributed by atoms with Gasteiger partial charge in [-0.2, -0.15) is 5.16 Å². The molecule has 3 heterocycles. The van der Waals surface area contributed by atoms with E-state index in [1.165, 1.54) is 29.0 Å². The van der Waals surface area contributed by atoms with Crippen LogP contribution in [-0.2, 0) is 22.3 Å². The van der Waals surface area contributed by atoms with Crippen LogP contribution in [0.3, 0.4) is 0 Å². The first-order valence-corrected chi connectivity index (χ1v) is 14.7. The highest BCUT2D eigenvalue weighted by Gasteiger charge is 2.35. The van der Waals surface area contributed by atoms with E-state index in [9.17, 15) is 4.79 Å². The summed E-state index contributed by atoms with van der Waals surface area (Å²) in [6, 6.07) is 7.41. The molecule has 0 fully saturated rings. The van der Waals surface area contributed by atoms with Crippen LogP contribution < -0.4 is 5.56 Å². The number of nitrogens with one attached hydrogen (secondary N) is 2. The molecule has 1 aliphatic heterocycles. The topological polar surface area (TPSA) is 96.4 Å². The molecule has 0 saturated carbocycles. The number of imidazole rings is 1. The SMILES string of the molecule is CCCCc1cc(Cl)ccc1C(c1cnc[nH]1)N(CCCc1cc(=O)[nH]o1)C(CC1=CC=CCC1)C1=COC=CO1. The molecule has 41 heavy (non-hydrogen) atoms. The number of aryl methyl sites for hydroxylation is 2. The van der Waals surface area contributed by atoms with Gasteiger partial charge < -0.3 is 19.0 Å². The van der Waals surface area contributed by atoms with Gasteiger partial charge in [-0.15, -0.1) is 0 Å². The van der Waals surface area contributed by atoms with Crippen molar-refractivity contribution in [3.05, 3.63) is 123 Å². The average molecular weight is 577 g/mol. The number of unbranched alkanes of at least 4 members (excludes halogenated alkanes) is 1. The molecular formula is C32H37ClN4O4. The molecule has 0 spiro atoms. The lowest BCUT2D eigenvalue weighted by Gasteiger charge is -2.40. The minimum absolute atomic E-state index is 0.140. The summed E-state index contributed by atoms with van der Waals surface area (Å²) in [5.41, 5.74) is 4.50. The molecule has 2 atom stereocenters. The number of H-pyrrole nitrogens is 2. The Balaban J connectivity index is 1.59. The van der Waals surface area contributed by atoms with Gasteiger partial charge in [0.2, 0.25) is 0 Å². The van der Waals surface area contributed by atoms with E-state index in [2.05, 4.69) is 57.3 Å². The second-order valence-electron chi connectivity index (χ2n) is 10.4. The summed E-state index contributed by atoms with van der Waals surface area (Å²) in [5, 5.41) is 3.13. The van der Waals surface area contributed by atoms with Gasteiger partial charge in [0, 0.05) is 30.3 Å². The highest BCUT2D eigenvalue weighted by molar-refractivity contribution is 6.30. The quantitative estimate of drug-likeness (QED) is 0.212. The predicted molar refractivity (Wildman–Crippen MR) is 159 cm³/mol. The van der Waals surface area contributed by atoms with Crippen molar-refractivity contribution < 1.29 is 14.0 Å². The molecule has 8 nitrogen and oxygen atoms in total. The van der Waals surface area contributed by atoms with Crippen LogP contribution in [0.1, 0.15) is 74.1 Å². The van der Waals surface area contributed by atoms with E-state index in [1.807, 2.05) is 12.3 Å². The minimum Gasteiger partial charge on any atom is -0.466 e. The van der Waals surface area contributed by atoms with Gasteiger partial charge in [-0.05, 0) is 61.8 Å². The Morgan fingerprint density at radius 1 is 1.17 bits per heavy atom. The molecule has 0 saturated heterocycles. The molecule has 2 aromatic heterocycles. The van der Waals surface area contributed by atoms with Gasteiger partial charge in [-0.25, -0.2) is 4.98 Å². The maximum Gasteiger partial charge on any atom is 0.280 e. The summed E-state index contributed by atoms with van der Waals surface area (Å²) in [4.78, 5) is 22.0. The zero-order valence-electron chi connectivity index (χ0n) is 23.4. The lowest BCUT2D eigenvalue weighted by atomic mass is 9.90. The summed E-state index contributed by atoms with van der Waals surface area (Å²) in [6.45, 7) is 2.89. The van der Waals surface area contributed by atoms with E-state index >= 15 is 0 Å². The molecule has 0 bridgehead atoms. The first kappa shape index (κ1) is 28.8. The standard InChI is InChI=1S/C32H37ClN4O4/c1-2-3-10-24-18-25(33)12-13-27(24)32(28-20-34-22-35-28)37(14-7-11-26-19-31(38)36-41-26)29(30-21-39-15-16-40-30)17-23-8-5-4-6-9-23/h4-5,8,12-13,15-16,18-22,29,32H,2-3,6-7,9-11,14,17H2,1H3,(H,34,35)(H,36,38). The van der Waals surface area contributed by atoms with E-state index in [0.717, 1.165) is 61.4 Å². The van der Waals surface area contributed by atoms with Crippen LogP contribution in [-0.4, -0.2) is 32.6 Å². The van der Waals surface area contributed by atoms with E-state index in [1.54, 1.807) is 18.9 Å². The van der Waals surface area contributed by atoms with Crippen LogP contribution in [0.2, 0.25) is 5.02 Å². The van der Waals surface area contributed by atoms with Crippen molar-refractivity contribution in [2.75, 3.05) is 6.54 Å². The van der Waals surface area contributed by atoms with Crippen molar-refractivity contribution in [3.63, 3.8) is 0 Å². The van der Waals surface area contributed by atoms with E-state index < -0.39 is 0 Å². The Bertz CT molecular complexity index is 1450. The Kier molecular flexibility index (Phi) is 9.99. The van der Waals surface area contributed by atoms with Crippen molar-refractivity contribution in [1.82, 2.24) is 20.0 Å². The van der Waals surface area contributed by atoms with Crippen LogP contribution in [0, 0.1) is 0 Å². The van der Waals surface area contributed by atoms with Crippen LogP contribution >= 0.6 is 11.6 Å². The third-order valence-electron chi connectivity index (χ3n) is 7.57. The number of aromatic amines is 2. The van der Waals surface area contributed by atoms with Crippen molar-refractivity contribution in [2.24, 2.45) is 0 Å². The minimum atomic E-state index is -0.228. The fraction of sp³-hybridized carbons (Fsp3) is 0.375. The number of halogens is 1. The maximum atomic E-state index is 11.7. The fourth-order valence-electron chi connectivity index (χ4n) is 5.59. The molecule has 0 amide bonds. The van der Waals surface area contributed by atoms with Gasteiger partial charge in [0.1, 0.15) is 24.5 Å². The zero-order chi connectivity index (χ0) is 28.4. The van der Waals surface area contributed by atoms with Crippen molar-refractivity contribution in [3.8, 4) is 0 Å². The fourth-order valence-corrected chi connectivity index (χ4v) is 5.79. The number of nitrogens with zero attached hydrogens (tertiary/aromatic N) is 2. The first-order valence-electron chi connectivity index (χ1n) is 14.3. The second kappa shape index (κ2) is 14.2. The highest BCUT2D eigenvalue weighted by atomic mass is 35.5. The number of ether oxygens (including phenoxy) is 2. The van der Waals surface area contributed by atoms with Crippen LogP contribution in [0.15, 0.2) is 94.5 Å². The molecule has 5 rings (SSSR count). The molecule has 1 aliphatic carbocycles. The molecule has 9 heteroatoms. The Morgan fingerprint density at radius 2 is 2.10 bits per heavy atom. The zero-order valence-corrected chi connectivity index (χ0v) is 24.1. The van der Waals surface area contributed by atoms with Crippen molar-refractivity contribution in [1.29, 1.82) is 0 Å². The second-order valence-corrected chi connectivity index (χ2v) is 10.9. The Morgan fingerprint density at radius 3 is 2.80 bits per heavy atom. The molecule has 2 unspecified atom stereocenters. The van der Waals surface area contributed by atoms with Gasteiger partial charge in [0.05, 0.1) is 24.1 Å². The monoisotopic (exact) mass is 576 g/mol. The van der Waals surface area contributed by atoms with E-state index in [-0.39, 0.29) is 17.6 Å². The lowest BCUT2D eigenvalue weighted by Crippen LogP contribution is -2.42. The first-order chi connectivity index (χ1) is 20.1. The maximum absolute atomic E-state index is 11.7. The summed E-state index contributed by atoms with van der Waals surface area (Å²) < 4.78 is 17.1. The van der Waals surface area contributed by atoms with E-state index in [4.69, 9.17) is 25.6 Å². The molecule has 2 N–H and O–H groups in total. The molecule has 1 aromatic carbocycles. The predicted octanol–water partition coefficient (Wildman–Crippen LogP) is 7.11. The highest BCUT2D eigenvalue weighted by Crippen LogP contribution is 2.38. The lowest BCUT2D eigenvalue weighted by molar-refractivity contribution is 0.114. The third-order valence-corrected chi connectivity index (χ3v) is 7.80. The number of rotatable bonds is 14. The third kappa shape index (κ3) is 7.51. The van der Waals surface area contributed by atoms with Gasteiger partial charge in [0.15, 0.2) is 5.76 Å². The summed E-state index contributed by atoms with van der Waals surface area (Å²) in [7, 11) is 0. The molecular weight excluding hydrogens is 540 g/mol. The van der Waals surface area contributed by atoms with Crippen molar-refractivity contribution in [2.45, 2.75) is 70.4 Å². The number of hydrogen-bond donors (Lipinski definition) is 2. The summed E-state index contributed by atoms with van der Waals surface area (Å²) in [5.74, 6) is 1.38. The summed E-state index contributed by atoms with van der Waals surface area (Å²) >= 11 is 6.53. The van der Waals surface area contributed by atoms with Crippen molar-refractivity contribution >= 4 is 11.6 Å². The van der Waals surface area contributed by atoms with Gasteiger partial charge >= 0.3 is 0 Å². The van der Waals surface area contributed by atoms with Crippen LogP contribution in [0.5, 0.6) is 0 Å². The number of hydrogen-bond acceptors (Lipinski definition) is 6. The molecule has 3 aromatic rings. The number of allylic oxidation sites excluding steroid dienone is 3. The number of aromatic nitrogens is 3. The Labute approximate surface area is 245 Å². The number of benzene rings is 1. The largest absolute Gasteiger partial charge is 0.466 e. The van der Waals surface area contributed by atoms with Crippen LogP contribution in [0.4, 0.5) is 0 Å². The smallest absolute Gasteiger partial charge is 0.280 e. The van der Waals surface area contributed by atoms with Gasteiger partial charge in [-0.3, -0.25) is 9.69 Å². The average Bonchev–Trinajstić information content (AvgIpc) is 3.68. The van der Waals surface area contributed by atoms with E-state index in [0.29, 0.717) is 18.7 Å². The summed E-state index contributed by atoms with van der Waals surface area (Å²) in [6.07, 6.45) is 22.2. The van der Waals surface area contributed by atoms with Gasteiger partial charge in [0.25, 0.3) is 5.56 Å². The van der Waals surface area contributed by atoms with Gasteiger partial charge in [-0.1, -0.05) is 54.8 Å². The molecule has 2 aliphatic rings. The van der Waals surface area contributed by atoms with Crippen LogP contribution in [0.25, 0.3) is 0 Å². The Hall–Kier alpha value is -3.75. The molecule has 216 valence electrons.